The van der Waals surface area contributed by atoms with Crippen molar-refractivity contribution in [2.24, 2.45) is 11.5 Å². The Kier molecular flexibility index (Phi) is 9.65. The molecule has 0 saturated heterocycles. The lowest BCUT2D eigenvalue weighted by Crippen LogP contribution is -2.22. The molecule has 4 N–H and O–H groups in total. The fraction of sp³-hybridized carbons (Fsp3) is 0.273. The second-order valence-corrected chi connectivity index (χ2v) is 7.06. The minimum absolute atomic E-state index is 0.0549. The molecule has 0 radical (unpaired) electrons. The van der Waals surface area contributed by atoms with Crippen LogP contribution in [-0.2, 0) is 32.3 Å². The van der Waals surface area contributed by atoms with E-state index in [1.165, 1.54) is 36.4 Å². The van der Waals surface area contributed by atoms with E-state index in [1.54, 1.807) is 12.1 Å². The Bertz CT molecular complexity index is 1100. The number of hydrogen-bond acceptors (Lipinski definition) is 10. The molecule has 0 amide bonds. The predicted molar refractivity (Wildman–Crippen MR) is 120 cm³/mol. The second-order valence-electron chi connectivity index (χ2n) is 7.06. The van der Waals surface area contributed by atoms with Crippen LogP contribution in [0.3, 0.4) is 0 Å². The fourth-order valence-corrected chi connectivity index (χ4v) is 2.99. The van der Waals surface area contributed by atoms with Gasteiger partial charge in [0.05, 0.1) is 26.5 Å². The Hall–Kier alpha value is -4.32. The maximum Gasteiger partial charge on any atom is 0.355 e. The summed E-state index contributed by atoms with van der Waals surface area (Å²) in [5, 5.41) is 22.3. The van der Waals surface area contributed by atoms with Crippen LogP contribution in [0.5, 0.6) is 0 Å². The molecule has 0 aromatic heterocycles. The molecule has 0 bridgehead atoms. The van der Waals surface area contributed by atoms with Gasteiger partial charge in [0.1, 0.15) is 18.9 Å². The van der Waals surface area contributed by atoms with E-state index in [9.17, 15) is 29.8 Å². The molecule has 2 aromatic carbocycles. The first-order chi connectivity index (χ1) is 16.3. The molecule has 0 heterocycles. The van der Waals surface area contributed by atoms with Gasteiger partial charge in [-0.15, -0.1) is 0 Å². The standard InChI is InChI=1S/C22H24N4O8/c23-12-6-5-9-17(21(27)33-13-15-7-1-3-10-18(15)25(29)30)20(24)22(28)34-14-16-8-2-4-11-19(16)26(31)32/h1-4,7-8,10-11H,5-6,9,12-14,23-24H2. The summed E-state index contributed by atoms with van der Waals surface area (Å²) in [5.41, 5.74) is 10.6. The smallest absolute Gasteiger partial charge is 0.355 e. The van der Waals surface area contributed by atoms with E-state index in [-0.39, 0.29) is 34.5 Å². The number of esters is 2. The van der Waals surface area contributed by atoms with Gasteiger partial charge < -0.3 is 20.9 Å². The number of rotatable bonds is 12. The zero-order valence-electron chi connectivity index (χ0n) is 18.2. The first kappa shape index (κ1) is 25.9. The van der Waals surface area contributed by atoms with Gasteiger partial charge in [-0.1, -0.05) is 24.3 Å². The number of benzene rings is 2. The van der Waals surface area contributed by atoms with Crippen LogP contribution in [0.1, 0.15) is 30.4 Å². The number of unbranched alkanes of at least 4 members (excludes halogenated alkanes) is 1. The van der Waals surface area contributed by atoms with Gasteiger partial charge in [-0.3, -0.25) is 20.2 Å². The molecule has 0 aliphatic rings. The molecular formula is C22H24N4O8. The van der Waals surface area contributed by atoms with Crippen LogP contribution in [0.25, 0.3) is 0 Å². The molecular weight excluding hydrogens is 448 g/mol. The number of nitrogens with two attached hydrogens (primary N) is 2. The van der Waals surface area contributed by atoms with E-state index in [2.05, 4.69) is 0 Å². The van der Waals surface area contributed by atoms with Crippen LogP contribution >= 0.6 is 0 Å². The predicted octanol–water partition coefficient (Wildman–Crippen LogP) is 2.63. The Labute approximate surface area is 194 Å². The molecule has 0 fully saturated rings. The van der Waals surface area contributed by atoms with E-state index in [4.69, 9.17) is 20.9 Å². The van der Waals surface area contributed by atoms with Crippen LogP contribution in [-0.4, -0.2) is 28.3 Å². The SMILES string of the molecule is NCCCCC(C(=O)OCc1ccccc1[N+](=O)[O-])=C(N)C(=O)OCc1ccccc1[N+](=O)[O-]. The molecule has 12 heteroatoms. The Morgan fingerprint density at radius 1 is 0.794 bits per heavy atom. The largest absolute Gasteiger partial charge is 0.457 e. The highest BCUT2D eigenvalue weighted by molar-refractivity contribution is 5.99. The van der Waals surface area contributed by atoms with Gasteiger partial charge in [0.15, 0.2) is 0 Å². The number of para-hydroxylation sites is 2. The zero-order chi connectivity index (χ0) is 25.1. The fourth-order valence-electron chi connectivity index (χ4n) is 2.99. The molecule has 2 aromatic rings. The number of ether oxygens (including phenoxy) is 2. The van der Waals surface area contributed by atoms with Gasteiger partial charge in [-0.25, -0.2) is 9.59 Å². The number of nitrogens with zero attached hydrogens (tertiary/aromatic N) is 2. The molecule has 0 aliphatic heterocycles. The van der Waals surface area contributed by atoms with Crippen molar-refractivity contribution in [3.8, 4) is 0 Å². The third kappa shape index (κ3) is 7.10. The lowest BCUT2D eigenvalue weighted by Gasteiger charge is -2.12. The first-order valence-corrected chi connectivity index (χ1v) is 10.2. The topological polar surface area (TPSA) is 191 Å². The van der Waals surface area contributed by atoms with E-state index in [1.807, 2.05) is 0 Å². The number of nitro benzene ring substituents is 2. The van der Waals surface area contributed by atoms with Gasteiger partial charge in [0, 0.05) is 12.1 Å². The summed E-state index contributed by atoms with van der Waals surface area (Å²) in [6.07, 6.45) is 1.02. The Balaban J connectivity index is 2.18. The molecule has 0 atom stereocenters. The molecule has 0 unspecified atom stereocenters. The Morgan fingerprint density at radius 3 is 1.74 bits per heavy atom. The molecule has 0 saturated carbocycles. The number of nitro groups is 2. The van der Waals surface area contributed by atoms with E-state index >= 15 is 0 Å². The van der Waals surface area contributed by atoms with Crippen LogP contribution < -0.4 is 11.5 Å². The zero-order valence-corrected chi connectivity index (χ0v) is 18.2. The molecule has 0 aliphatic carbocycles. The summed E-state index contributed by atoms with van der Waals surface area (Å²) in [4.78, 5) is 46.2. The van der Waals surface area contributed by atoms with Crippen LogP contribution in [0, 0.1) is 20.2 Å². The highest BCUT2D eigenvalue weighted by atomic mass is 16.6. The summed E-state index contributed by atoms with van der Waals surface area (Å²) >= 11 is 0. The van der Waals surface area contributed by atoms with Crippen LogP contribution in [0.4, 0.5) is 11.4 Å². The lowest BCUT2D eigenvalue weighted by atomic mass is 10.1. The number of carbonyl (C=O) groups is 2. The first-order valence-electron chi connectivity index (χ1n) is 10.2. The Morgan fingerprint density at radius 2 is 1.26 bits per heavy atom. The average molecular weight is 472 g/mol. The summed E-state index contributed by atoms with van der Waals surface area (Å²) in [7, 11) is 0. The van der Waals surface area contributed by atoms with Crippen molar-refractivity contribution in [3.05, 3.63) is 91.2 Å². The summed E-state index contributed by atoms with van der Waals surface area (Å²) in [6.45, 7) is -0.493. The quantitative estimate of drug-likeness (QED) is 0.152. The molecule has 12 nitrogen and oxygen atoms in total. The maximum atomic E-state index is 12.7. The molecule has 180 valence electrons. The molecule has 34 heavy (non-hydrogen) atoms. The van der Waals surface area contributed by atoms with Crippen LogP contribution in [0.15, 0.2) is 59.8 Å². The average Bonchev–Trinajstić information content (AvgIpc) is 2.83. The van der Waals surface area contributed by atoms with Gasteiger partial charge in [-0.2, -0.15) is 0 Å². The van der Waals surface area contributed by atoms with Gasteiger partial charge in [0.2, 0.25) is 0 Å². The molecule has 0 spiro atoms. The third-order valence-electron chi connectivity index (χ3n) is 4.77. The lowest BCUT2D eigenvalue weighted by molar-refractivity contribution is -0.386. The number of hydrogen-bond donors (Lipinski definition) is 2. The van der Waals surface area contributed by atoms with Crippen molar-refractivity contribution in [2.45, 2.75) is 32.5 Å². The van der Waals surface area contributed by atoms with Crippen molar-refractivity contribution in [1.82, 2.24) is 0 Å². The van der Waals surface area contributed by atoms with E-state index < -0.39 is 40.7 Å². The highest BCUT2D eigenvalue weighted by Gasteiger charge is 2.23. The summed E-state index contributed by atoms with van der Waals surface area (Å²) in [6, 6.07) is 11.5. The summed E-state index contributed by atoms with van der Waals surface area (Å²) in [5.74, 6) is -1.99. The van der Waals surface area contributed by atoms with Crippen molar-refractivity contribution in [1.29, 1.82) is 0 Å². The minimum Gasteiger partial charge on any atom is -0.457 e. The van der Waals surface area contributed by atoms with E-state index in [0.29, 0.717) is 19.4 Å². The number of carbonyl (C=O) groups excluding carboxylic acids is 2. The van der Waals surface area contributed by atoms with Crippen molar-refractivity contribution in [2.75, 3.05) is 6.54 Å². The maximum absolute atomic E-state index is 12.7. The highest BCUT2D eigenvalue weighted by Crippen LogP contribution is 2.22. The van der Waals surface area contributed by atoms with Gasteiger partial charge >= 0.3 is 11.9 Å². The summed E-state index contributed by atoms with van der Waals surface area (Å²) < 4.78 is 10.3. The van der Waals surface area contributed by atoms with Gasteiger partial charge in [-0.05, 0) is 37.9 Å². The second kappa shape index (κ2) is 12.6. The van der Waals surface area contributed by atoms with Gasteiger partial charge in [0.25, 0.3) is 11.4 Å². The van der Waals surface area contributed by atoms with Crippen LogP contribution in [0.2, 0.25) is 0 Å². The van der Waals surface area contributed by atoms with Crippen molar-refractivity contribution in [3.63, 3.8) is 0 Å². The normalized spacial score (nSPS) is 11.3. The van der Waals surface area contributed by atoms with E-state index in [0.717, 1.165) is 0 Å². The van der Waals surface area contributed by atoms with Crippen molar-refractivity contribution >= 4 is 23.3 Å². The minimum atomic E-state index is -1.05. The molecule has 2 rings (SSSR count). The van der Waals surface area contributed by atoms with Crippen molar-refractivity contribution < 1.29 is 28.9 Å². The third-order valence-corrected chi connectivity index (χ3v) is 4.77. The monoisotopic (exact) mass is 472 g/mol.